The summed E-state index contributed by atoms with van der Waals surface area (Å²) in [7, 11) is 0. The fourth-order valence-corrected chi connectivity index (χ4v) is 11.2. The zero-order chi connectivity index (χ0) is 60.9. The van der Waals surface area contributed by atoms with Crippen molar-refractivity contribution in [3.8, 4) is 83.6 Å². The number of hydrogen-bond donors (Lipinski definition) is 0. The molecule has 0 amide bonds. The number of hydrogen-bond acceptors (Lipinski definition) is 0. The number of nitrogens with zero attached hydrogens (tertiary/aromatic N) is 1. The average molecular weight is 1170 g/mol. The first-order valence-corrected chi connectivity index (χ1v) is 26.3. The highest BCUT2D eigenvalue weighted by atomic mass is 19.4. The summed E-state index contributed by atoms with van der Waals surface area (Å²) in [6.45, 7) is 6.78. The third-order valence-corrected chi connectivity index (χ3v) is 14.9. The Morgan fingerprint density at radius 3 is 0.941 bits per heavy atom. The molecule has 0 fully saturated rings. The molecule has 0 spiro atoms. The summed E-state index contributed by atoms with van der Waals surface area (Å²) in [5.74, 6) is 0. The maximum Gasteiger partial charge on any atom is 0.417 e. The van der Waals surface area contributed by atoms with Crippen LogP contribution in [0.3, 0.4) is 0 Å². The van der Waals surface area contributed by atoms with Crippen molar-refractivity contribution in [2.45, 2.75) is 58.6 Å². The molecular weight excluding hydrogens is 1130 g/mol. The van der Waals surface area contributed by atoms with E-state index in [1.165, 1.54) is 55.5 Å². The summed E-state index contributed by atoms with van der Waals surface area (Å²) in [5, 5.41) is 0.895. The van der Waals surface area contributed by atoms with Gasteiger partial charge in [0.15, 0.2) is 0 Å². The smallest absolute Gasteiger partial charge is 0.309 e. The van der Waals surface area contributed by atoms with Crippen LogP contribution in [0.5, 0.6) is 0 Å². The molecular formula is C69H44F15N. The lowest BCUT2D eigenvalue weighted by molar-refractivity contribution is -0.143. The molecule has 0 unspecified atom stereocenters. The van der Waals surface area contributed by atoms with E-state index >= 15 is 0 Å². The summed E-state index contributed by atoms with van der Waals surface area (Å²) in [6.07, 6.45) is -24.8. The molecule has 85 heavy (non-hydrogen) atoms. The van der Waals surface area contributed by atoms with Gasteiger partial charge in [0.05, 0.1) is 44.5 Å². The normalized spacial score (nSPS) is 12.6. The summed E-state index contributed by atoms with van der Waals surface area (Å²) in [6, 6.07) is 44.8. The second kappa shape index (κ2) is 20.9. The number of rotatable bonds is 8. The fraction of sp³-hybridized carbons (Fsp3) is 0.130. The first-order chi connectivity index (χ1) is 39.8. The van der Waals surface area contributed by atoms with Gasteiger partial charge in [0, 0.05) is 16.3 Å². The monoisotopic (exact) mass is 1170 g/mol. The number of fused-ring (bicyclic) bond motifs is 3. The van der Waals surface area contributed by atoms with E-state index in [9.17, 15) is 65.9 Å². The lowest BCUT2D eigenvalue weighted by atomic mass is 9.90. The Balaban J connectivity index is 1.20. The van der Waals surface area contributed by atoms with E-state index in [-0.39, 0.29) is 56.1 Å². The van der Waals surface area contributed by atoms with Crippen LogP contribution in [0.1, 0.15) is 50.1 Å². The van der Waals surface area contributed by atoms with Gasteiger partial charge in [-0.2, -0.15) is 65.9 Å². The third kappa shape index (κ3) is 11.7. The average Bonchev–Trinajstić information content (AvgIpc) is 1.86. The van der Waals surface area contributed by atoms with Gasteiger partial charge in [0.25, 0.3) is 0 Å². The molecule has 0 atom stereocenters. The van der Waals surface area contributed by atoms with E-state index in [1.54, 1.807) is 84.3 Å². The molecule has 0 saturated heterocycles. The highest BCUT2D eigenvalue weighted by Gasteiger charge is 2.38. The largest absolute Gasteiger partial charge is 0.417 e. The fourth-order valence-electron chi connectivity index (χ4n) is 11.2. The molecule has 0 radical (unpaired) electrons. The molecule has 0 aliphatic heterocycles. The number of aryl methyl sites for hydroxylation is 4. The molecule has 430 valence electrons. The summed E-state index contributed by atoms with van der Waals surface area (Å²) < 4.78 is 219. The lowest BCUT2D eigenvalue weighted by Gasteiger charge is -2.18. The van der Waals surface area contributed by atoms with Crippen LogP contribution in [0, 0.1) is 27.7 Å². The Labute approximate surface area is 476 Å². The zero-order valence-corrected chi connectivity index (χ0v) is 45.1. The van der Waals surface area contributed by atoms with Crippen LogP contribution in [0.2, 0.25) is 0 Å². The Kier molecular flexibility index (Phi) is 14.2. The number of para-hydroxylation sites is 1. The van der Waals surface area contributed by atoms with Gasteiger partial charge in [-0.25, -0.2) is 0 Å². The minimum atomic E-state index is -5.25. The van der Waals surface area contributed by atoms with Gasteiger partial charge >= 0.3 is 30.9 Å². The molecule has 16 heteroatoms. The Morgan fingerprint density at radius 1 is 0.247 bits per heavy atom. The van der Waals surface area contributed by atoms with E-state index in [2.05, 4.69) is 0 Å². The summed E-state index contributed by atoms with van der Waals surface area (Å²) in [4.78, 5) is 0. The van der Waals surface area contributed by atoms with Crippen molar-refractivity contribution in [3.63, 3.8) is 0 Å². The predicted molar refractivity (Wildman–Crippen MR) is 303 cm³/mol. The van der Waals surface area contributed by atoms with Gasteiger partial charge in [-0.3, -0.25) is 0 Å². The molecule has 0 aliphatic rings. The number of aromatic nitrogens is 1. The standard InChI is InChI=1S/C69H44F15N/c1-37-17-38(2)19-43(18-37)48-24-46(25-49(28-48)44-20-39(3)22-53(30-44)65(70,71)72)41-13-15-63-59(34-41)60-35-42(14-16-64(60)85(63)62-12-8-6-10-58(62)57-9-5-7-11-61(57)69(82,83)84)47-26-50(45-21-40(4)23-54(31-45)66(73,74)75)29-51(27-47)52-32-55(67(76,77)78)36-56(33-52)68(79,80)81/h5-36H,1-4H3. The van der Waals surface area contributed by atoms with Crippen molar-refractivity contribution >= 4 is 21.8 Å². The molecule has 0 saturated carbocycles. The van der Waals surface area contributed by atoms with Gasteiger partial charge < -0.3 is 4.57 Å². The molecule has 0 N–H and O–H groups in total. The van der Waals surface area contributed by atoms with Crippen LogP contribution in [-0.2, 0) is 30.9 Å². The molecule has 1 aromatic heterocycles. The van der Waals surface area contributed by atoms with Gasteiger partial charge in [-0.15, -0.1) is 0 Å². The van der Waals surface area contributed by atoms with Crippen LogP contribution >= 0.6 is 0 Å². The Morgan fingerprint density at radius 2 is 0.553 bits per heavy atom. The predicted octanol–water partition coefficient (Wildman–Crippen LogP) is 22.8. The maximum absolute atomic E-state index is 14.8. The van der Waals surface area contributed by atoms with Gasteiger partial charge in [-0.05, 0) is 226 Å². The van der Waals surface area contributed by atoms with Crippen molar-refractivity contribution < 1.29 is 65.9 Å². The Hall–Kier alpha value is -9.05. The zero-order valence-electron chi connectivity index (χ0n) is 45.1. The number of benzene rings is 10. The molecule has 0 aliphatic carbocycles. The summed E-state index contributed by atoms with van der Waals surface area (Å²) in [5.41, 5.74) is 0.301. The van der Waals surface area contributed by atoms with Gasteiger partial charge in [0.2, 0.25) is 0 Å². The number of alkyl halides is 15. The maximum atomic E-state index is 14.8. The molecule has 11 rings (SSSR count). The van der Waals surface area contributed by atoms with E-state index in [4.69, 9.17) is 0 Å². The molecule has 11 aromatic rings. The van der Waals surface area contributed by atoms with Gasteiger partial charge in [0.1, 0.15) is 0 Å². The molecule has 1 heterocycles. The lowest BCUT2D eigenvalue weighted by Crippen LogP contribution is -2.11. The van der Waals surface area contributed by atoms with Crippen molar-refractivity contribution in [1.82, 2.24) is 4.57 Å². The Bertz CT molecular complexity index is 4400. The second-order valence-electron chi connectivity index (χ2n) is 21.3. The van der Waals surface area contributed by atoms with E-state index < -0.39 is 64.3 Å². The third-order valence-electron chi connectivity index (χ3n) is 14.9. The van der Waals surface area contributed by atoms with Crippen LogP contribution < -0.4 is 0 Å². The summed E-state index contributed by atoms with van der Waals surface area (Å²) >= 11 is 0. The van der Waals surface area contributed by atoms with Gasteiger partial charge in [-0.1, -0.05) is 90.0 Å². The second-order valence-corrected chi connectivity index (χ2v) is 21.3. The molecule has 0 bridgehead atoms. The van der Waals surface area contributed by atoms with Crippen molar-refractivity contribution in [3.05, 3.63) is 244 Å². The van der Waals surface area contributed by atoms with Crippen molar-refractivity contribution in [1.29, 1.82) is 0 Å². The quantitative estimate of drug-likeness (QED) is 0.134. The van der Waals surface area contributed by atoms with Crippen molar-refractivity contribution in [2.24, 2.45) is 0 Å². The first-order valence-electron chi connectivity index (χ1n) is 26.3. The first kappa shape index (κ1) is 57.8. The molecule has 10 aromatic carbocycles. The topological polar surface area (TPSA) is 4.93 Å². The highest BCUT2D eigenvalue weighted by Crippen LogP contribution is 2.47. The minimum absolute atomic E-state index is 0.00481. The highest BCUT2D eigenvalue weighted by molar-refractivity contribution is 6.12. The van der Waals surface area contributed by atoms with E-state index in [0.29, 0.717) is 67.4 Å². The van der Waals surface area contributed by atoms with Crippen LogP contribution in [0.25, 0.3) is 105 Å². The van der Waals surface area contributed by atoms with Crippen molar-refractivity contribution in [2.75, 3.05) is 0 Å². The van der Waals surface area contributed by atoms with Crippen LogP contribution in [0.15, 0.2) is 194 Å². The number of halogens is 15. The molecule has 1 nitrogen and oxygen atoms in total. The van der Waals surface area contributed by atoms with Crippen LogP contribution in [0.4, 0.5) is 65.9 Å². The van der Waals surface area contributed by atoms with E-state index in [1.807, 2.05) is 38.1 Å². The minimum Gasteiger partial charge on any atom is -0.309 e. The van der Waals surface area contributed by atoms with E-state index in [0.717, 1.165) is 47.0 Å². The van der Waals surface area contributed by atoms with Crippen LogP contribution in [-0.4, -0.2) is 4.57 Å². The SMILES string of the molecule is Cc1cc(C)cc(-c2cc(-c3cc(C)cc(C(F)(F)F)c3)cc(-c3ccc4c(c3)c3cc(-c5cc(-c6cc(C)cc(C(F)(F)F)c6)cc(-c6cc(C(F)(F)F)cc(C(F)(F)F)c6)c5)ccc3n4-c3ccccc3-c3ccccc3C(F)(F)F)c2)c1.